The van der Waals surface area contributed by atoms with Gasteiger partial charge in [0.2, 0.25) is 5.95 Å². The van der Waals surface area contributed by atoms with Crippen LogP contribution in [0, 0.1) is 19.8 Å². The summed E-state index contributed by atoms with van der Waals surface area (Å²) in [5, 5.41) is 3.23. The smallest absolute Gasteiger partial charge is 0.227 e. The van der Waals surface area contributed by atoms with E-state index in [0.29, 0.717) is 18.3 Å². The molecule has 0 unspecified atom stereocenters. The molecule has 0 aliphatic heterocycles. The van der Waals surface area contributed by atoms with E-state index in [0.717, 1.165) is 29.1 Å². The number of aromatic nitrogens is 2. The number of aryl methyl sites for hydroxylation is 2. The number of fused-ring (bicyclic) bond motifs is 1. The molecule has 0 fully saturated rings. The maximum Gasteiger partial charge on any atom is 0.227 e. The van der Waals surface area contributed by atoms with Gasteiger partial charge in [-0.05, 0) is 43.9 Å². The quantitative estimate of drug-likeness (QED) is 0.913. The summed E-state index contributed by atoms with van der Waals surface area (Å²) < 4.78 is 0. The highest BCUT2D eigenvalue weighted by molar-refractivity contribution is 5.99. The maximum absolute atomic E-state index is 12.1. The Balaban J connectivity index is 1.96. The van der Waals surface area contributed by atoms with Crippen molar-refractivity contribution in [1.29, 1.82) is 0 Å². The van der Waals surface area contributed by atoms with Crippen molar-refractivity contribution >= 4 is 17.4 Å². The number of Topliss-reactive ketones (excluding diaryl/α,β-unsaturated/α-hetero) is 1. The van der Waals surface area contributed by atoms with E-state index in [4.69, 9.17) is 0 Å². The Hall–Kier alpha value is -2.23. The van der Waals surface area contributed by atoms with Crippen molar-refractivity contribution < 1.29 is 4.79 Å². The van der Waals surface area contributed by atoms with Gasteiger partial charge in [-0.2, -0.15) is 0 Å². The molecule has 1 aliphatic rings. The van der Waals surface area contributed by atoms with Crippen LogP contribution in [0.4, 0.5) is 11.6 Å². The Morgan fingerprint density at radius 3 is 2.76 bits per heavy atom. The number of carbonyl (C=O) groups is 1. The van der Waals surface area contributed by atoms with E-state index < -0.39 is 0 Å². The molecule has 0 amide bonds. The monoisotopic (exact) mass is 281 g/mol. The van der Waals surface area contributed by atoms with Crippen molar-refractivity contribution in [3.8, 4) is 0 Å². The molecule has 4 heteroatoms. The normalized spacial score (nSPS) is 17.5. The maximum atomic E-state index is 12.1. The summed E-state index contributed by atoms with van der Waals surface area (Å²) >= 11 is 0. The van der Waals surface area contributed by atoms with E-state index >= 15 is 0 Å². The molecule has 0 radical (unpaired) electrons. The molecule has 4 nitrogen and oxygen atoms in total. The van der Waals surface area contributed by atoms with E-state index in [1.165, 1.54) is 5.56 Å². The average Bonchev–Trinajstić information content (AvgIpc) is 2.37. The highest BCUT2D eigenvalue weighted by Crippen LogP contribution is 2.27. The number of anilines is 2. The molecule has 21 heavy (non-hydrogen) atoms. The lowest BCUT2D eigenvalue weighted by Gasteiger charge is -2.21. The summed E-state index contributed by atoms with van der Waals surface area (Å²) in [6.07, 6.45) is 1.44. The lowest BCUT2D eigenvalue weighted by atomic mass is 9.86. The van der Waals surface area contributed by atoms with Crippen molar-refractivity contribution in [3.05, 3.63) is 46.8 Å². The topological polar surface area (TPSA) is 54.9 Å². The fourth-order valence-corrected chi connectivity index (χ4v) is 2.87. The Labute approximate surface area is 124 Å². The molecule has 108 valence electrons. The van der Waals surface area contributed by atoms with E-state index in [-0.39, 0.29) is 5.78 Å². The summed E-state index contributed by atoms with van der Waals surface area (Å²) in [7, 11) is 0. The van der Waals surface area contributed by atoms with Gasteiger partial charge in [-0.3, -0.25) is 4.79 Å². The van der Waals surface area contributed by atoms with Crippen molar-refractivity contribution in [1.82, 2.24) is 9.97 Å². The summed E-state index contributed by atoms with van der Waals surface area (Å²) in [5.41, 5.74) is 4.51. The number of ketones is 1. The second-order valence-electron chi connectivity index (χ2n) is 5.89. The fourth-order valence-electron chi connectivity index (χ4n) is 2.87. The summed E-state index contributed by atoms with van der Waals surface area (Å²) in [5.74, 6) is 1.09. The molecule has 1 aliphatic carbocycles. The molecule has 1 aromatic carbocycles. The zero-order valence-electron chi connectivity index (χ0n) is 12.6. The first-order valence-electron chi connectivity index (χ1n) is 7.27. The predicted octanol–water partition coefficient (Wildman–Crippen LogP) is 3.60. The molecule has 1 N–H and O–H groups in total. The predicted molar refractivity (Wildman–Crippen MR) is 83.0 cm³/mol. The molecule has 1 heterocycles. The molecule has 0 bridgehead atoms. The number of benzene rings is 1. The third-order valence-corrected chi connectivity index (χ3v) is 3.79. The van der Waals surface area contributed by atoms with E-state index in [9.17, 15) is 4.79 Å². The van der Waals surface area contributed by atoms with Gasteiger partial charge in [-0.15, -0.1) is 0 Å². The van der Waals surface area contributed by atoms with Gasteiger partial charge in [0.15, 0.2) is 5.78 Å². The van der Waals surface area contributed by atoms with Crippen LogP contribution in [0.1, 0.15) is 40.7 Å². The van der Waals surface area contributed by atoms with Crippen LogP contribution in [0.2, 0.25) is 0 Å². The molecule has 1 aromatic heterocycles. The van der Waals surface area contributed by atoms with E-state index in [1.807, 2.05) is 38.1 Å². The second-order valence-corrected chi connectivity index (χ2v) is 5.89. The minimum Gasteiger partial charge on any atom is -0.324 e. The Morgan fingerprint density at radius 1 is 1.19 bits per heavy atom. The van der Waals surface area contributed by atoms with Crippen LogP contribution in [0.25, 0.3) is 0 Å². The van der Waals surface area contributed by atoms with Gasteiger partial charge in [-0.25, -0.2) is 9.97 Å². The van der Waals surface area contributed by atoms with Gasteiger partial charge in [0.25, 0.3) is 0 Å². The molecular weight excluding hydrogens is 262 g/mol. The number of carbonyl (C=O) groups excluding carboxylic acids is 1. The first kappa shape index (κ1) is 13.7. The van der Waals surface area contributed by atoms with Gasteiger partial charge in [0, 0.05) is 12.1 Å². The van der Waals surface area contributed by atoms with Crippen LogP contribution in [-0.2, 0) is 6.42 Å². The average molecular weight is 281 g/mol. The largest absolute Gasteiger partial charge is 0.324 e. The van der Waals surface area contributed by atoms with E-state index in [1.54, 1.807) is 0 Å². The van der Waals surface area contributed by atoms with Crippen LogP contribution < -0.4 is 5.32 Å². The molecule has 0 spiro atoms. The second kappa shape index (κ2) is 5.28. The lowest BCUT2D eigenvalue weighted by molar-refractivity contribution is 0.0951. The van der Waals surface area contributed by atoms with Gasteiger partial charge >= 0.3 is 0 Å². The van der Waals surface area contributed by atoms with Crippen LogP contribution in [0.5, 0.6) is 0 Å². The molecule has 3 rings (SSSR count). The van der Waals surface area contributed by atoms with Crippen molar-refractivity contribution in [3.63, 3.8) is 0 Å². The summed E-state index contributed by atoms with van der Waals surface area (Å²) in [6, 6.07) is 8.07. The summed E-state index contributed by atoms with van der Waals surface area (Å²) in [6.45, 7) is 6.02. The molecule has 1 atom stereocenters. The number of nitrogens with zero attached hydrogens (tertiary/aromatic N) is 2. The number of hydrogen-bond acceptors (Lipinski definition) is 4. The molecule has 2 aromatic rings. The number of rotatable bonds is 2. The first-order chi connectivity index (χ1) is 10.0. The highest BCUT2D eigenvalue weighted by Gasteiger charge is 2.26. The van der Waals surface area contributed by atoms with Crippen molar-refractivity contribution in [2.45, 2.75) is 33.6 Å². The zero-order valence-corrected chi connectivity index (χ0v) is 12.6. The Kier molecular flexibility index (Phi) is 3.45. The van der Waals surface area contributed by atoms with Crippen LogP contribution in [0.3, 0.4) is 0 Å². The molecule has 0 saturated heterocycles. The number of hydrogen-bond donors (Lipinski definition) is 1. The number of nitrogens with one attached hydrogen (secondary N) is 1. The Bertz CT molecular complexity index is 709. The fraction of sp³-hybridized carbons (Fsp3) is 0.353. The van der Waals surface area contributed by atoms with Gasteiger partial charge < -0.3 is 5.32 Å². The van der Waals surface area contributed by atoms with Crippen molar-refractivity contribution in [2.24, 2.45) is 5.92 Å². The molecule has 0 saturated carbocycles. The van der Waals surface area contributed by atoms with Crippen LogP contribution >= 0.6 is 0 Å². The first-order valence-corrected chi connectivity index (χ1v) is 7.27. The van der Waals surface area contributed by atoms with Crippen molar-refractivity contribution in [2.75, 3.05) is 5.32 Å². The zero-order chi connectivity index (χ0) is 15.0. The molecular formula is C17H19N3O. The van der Waals surface area contributed by atoms with Gasteiger partial charge in [0.05, 0.1) is 17.0 Å². The Morgan fingerprint density at radius 2 is 2.00 bits per heavy atom. The van der Waals surface area contributed by atoms with Gasteiger partial charge in [0.1, 0.15) is 0 Å². The van der Waals surface area contributed by atoms with Crippen LogP contribution in [0.15, 0.2) is 24.3 Å². The van der Waals surface area contributed by atoms with Gasteiger partial charge in [-0.1, -0.05) is 19.1 Å². The SMILES string of the molecule is Cc1cccc(Nc2nc(C)c3c(n2)C[C@@H](C)CC3=O)c1. The third kappa shape index (κ3) is 2.79. The minimum atomic E-state index is 0.170. The summed E-state index contributed by atoms with van der Waals surface area (Å²) in [4.78, 5) is 21.1. The third-order valence-electron chi connectivity index (χ3n) is 3.79. The highest BCUT2D eigenvalue weighted by atomic mass is 16.1. The lowest BCUT2D eigenvalue weighted by Crippen LogP contribution is -2.22. The van der Waals surface area contributed by atoms with Crippen LogP contribution in [-0.4, -0.2) is 15.8 Å². The minimum absolute atomic E-state index is 0.170. The van der Waals surface area contributed by atoms with E-state index in [2.05, 4.69) is 22.2 Å². The standard InChI is InChI=1S/C17H19N3O/c1-10-5-4-6-13(7-10)19-17-18-12(3)16-14(20-17)8-11(2)9-15(16)21/h4-7,11H,8-9H2,1-3H3,(H,18,19,20)/t11-/m1/s1.